The smallest absolute Gasteiger partial charge is 0.257 e. The summed E-state index contributed by atoms with van der Waals surface area (Å²) < 4.78 is 1.89. The minimum atomic E-state index is -0.432. The van der Waals surface area contributed by atoms with E-state index in [0.717, 1.165) is 24.0 Å². The van der Waals surface area contributed by atoms with Gasteiger partial charge in [-0.05, 0) is 49.6 Å². The van der Waals surface area contributed by atoms with Crippen LogP contribution in [0.5, 0.6) is 0 Å². The average Bonchev–Trinajstić information content (AvgIpc) is 3.30. The molecule has 0 unspecified atom stereocenters. The van der Waals surface area contributed by atoms with Gasteiger partial charge in [0.1, 0.15) is 23.7 Å². The van der Waals surface area contributed by atoms with E-state index in [1.54, 1.807) is 29.9 Å². The highest BCUT2D eigenvalue weighted by atomic mass is 16.5. The summed E-state index contributed by atoms with van der Waals surface area (Å²) in [6.07, 6.45) is 4.58. The molecule has 4 aromatic rings. The van der Waals surface area contributed by atoms with Gasteiger partial charge in [-0.15, -0.1) is 0 Å². The Kier molecular flexibility index (Phi) is 6.75. The van der Waals surface area contributed by atoms with Crippen molar-refractivity contribution in [3.05, 3.63) is 60.0 Å². The molecular weight excluding hydrogens is 474 g/mol. The number of carbonyl (C=O) groups excluding carboxylic acids is 2. The van der Waals surface area contributed by atoms with E-state index in [4.69, 9.17) is 16.0 Å². The highest BCUT2D eigenvalue weighted by Gasteiger charge is 2.26. The number of pyridine rings is 1. The minimum absolute atomic E-state index is 0.0610. The zero-order valence-corrected chi connectivity index (χ0v) is 20.3. The Labute approximate surface area is 212 Å². The number of nitrogens with one attached hydrogen (secondary N) is 2. The Morgan fingerprint density at radius 1 is 1.11 bits per heavy atom. The summed E-state index contributed by atoms with van der Waals surface area (Å²) >= 11 is 0. The number of amides is 2. The Balaban J connectivity index is 1.39. The molecule has 0 saturated carbocycles. The number of nitrogen functional groups attached to an aromatic ring is 1. The Bertz CT molecular complexity index is 1440. The molecule has 12 heteroatoms. The van der Waals surface area contributed by atoms with Gasteiger partial charge in [-0.1, -0.05) is 12.1 Å². The number of hydrogen-bond acceptors (Lipinski definition) is 9. The van der Waals surface area contributed by atoms with Crippen LogP contribution in [0.2, 0.25) is 0 Å². The Hall–Kier alpha value is -4.42. The lowest BCUT2D eigenvalue weighted by molar-refractivity contribution is -0.130. The second-order valence-electron chi connectivity index (χ2n) is 9.04. The lowest BCUT2D eigenvalue weighted by atomic mass is 10.1. The molecule has 5 N–H and O–H groups in total. The van der Waals surface area contributed by atoms with Crippen LogP contribution in [-0.2, 0) is 4.79 Å². The third-order valence-electron chi connectivity index (χ3n) is 6.49. The molecule has 2 amide bonds. The fourth-order valence-corrected chi connectivity index (χ4v) is 4.59. The van der Waals surface area contributed by atoms with Crippen LogP contribution in [-0.4, -0.2) is 66.3 Å². The van der Waals surface area contributed by atoms with E-state index in [9.17, 15) is 9.59 Å². The molecule has 1 aliphatic heterocycles. The number of aromatic nitrogens is 5. The zero-order valence-electron chi connectivity index (χ0n) is 20.3. The molecule has 4 heterocycles. The predicted octanol–water partition coefficient (Wildman–Crippen LogP) is 2.17. The van der Waals surface area contributed by atoms with Crippen molar-refractivity contribution in [1.29, 1.82) is 0 Å². The van der Waals surface area contributed by atoms with Crippen molar-refractivity contribution in [3.63, 3.8) is 0 Å². The number of hydrogen-bond donors (Lipinski definition) is 4. The summed E-state index contributed by atoms with van der Waals surface area (Å²) in [4.78, 5) is 39.0. The number of nitrogens with zero attached hydrogens (tertiary/aromatic N) is 6. The number of fused-ring (bicyclic) bond motifs is 1. The van der Waals surface area contributed by atoms with Gasteiger partial charge in [0, 0.05) is 30.4 Å². The fourth-order valence-electron chi connectivity index (χ4n) is 4.59. The molecule has 1 aromatic carbocycles. The van der Waals surface area contributed by atoms with Crippen LogP contribution in [0.15, 0.2) is 48.9 Å². The van der Waals surface area contributed by atoms with Gasteiger partial charge in [0.05, 0.1) is 18.0 Å². The predicted molar refractivity (Wildman–Crippen MR) is 137 cm³/mol. The van der Waals surface area contributed by atoms with Gasteiger partial charge in [-0.3, -0.25) is 19.7 Å². The number of likely N-dealkylation sites (tertiary alicyclic amines) is 1. The highest BCUT2D eigenvalue weighted by Crippen LogP contribution is 2.34. The van der Waals surface area contributed by atoms with Gasteiger partial charge in [-0.2, -0.15) is 5.10 Å². The van der Waals surface area contributed by atoms with Crippen molar-refractivity contribution in [1.82, 2.24) is 35.1 Å². The molecule has 5 rings (SSSR count). The van der Waals surface area contributed by atoms with Gasteiger partial charge in [-0.25, -0.2) is 25.1 Å². The molecule has 0 atom stereocenters. The molecule has 1 fully saturated rings. The molecule has 12 nitrogen and oxygen atoms in total. The number of nitrogens with two attached hydrogens (primary N) is 1. The topological polar surface area (TPSA) is 164 Å². The maximum Gasteiger partial charge on any atom is 0.257 e. The van der Waals surface area contributed by atoms with Gasteiger partial charge in [0.15, 0.2) is 5.65 Å². The third kappa shape index (κ3) is 5.10. The molecule has 0 spiro atoms. The van der Waals surface area contributed by atoms with E-state index in [-0.39, 0.29) is 18.5 Å². The third-order valence-corrected chi connectivity index (χ3v) is 6.49. The first-order valence-electron chi connectivity index (χ1n) is 11.9. The van der Waals surface area contributed by atoms with Crippen LogP contribution < -0.4 is 16.5 Å². The average molecular weight is 502 g/mol. The molecule has 0 aliphatic carbocycles. The van der Waals surface area contributed by atoms with Gasteiger partial charge >= 0.3 is 0 Å². The number of benzene rings is 1. The lowest BCUT2D eigenvalue weighted by Gasteiger charge is -2.31. The monoisotopic (exact) mass is 501 g/mol. The number of hydroxylamine groups is 1. The van der Waals surface area contributed by atoms with E-state index >= 15 is 0 Å². The van der Waals surface area contributed by atoms with Crippen molar-refractivity contribution < 1.29 is 14.8 Å². The maximum atomic E-state index is 12.7. The summed E-state index contributed by atoms with van der Waals surface area (Å²) in [5.41, 5.74) is 11.5. The summed E-state index contributed by atoms with van der Waals surface area (Å²) in [5.74, 6) is 0.130. The zero-order chi connectivity index (χ0) is 25.9. The largest absolute Gasteiger partial charge is 0.383 e. The molecule has 1 saturated heterocycles. The molecule has 1 aliphatic rings. The molecule has 37 heavy (non-hydrogen) atoms. The lowest BCUT2D eigenvalue weighted by Crippen LogP contribution is -2.41. The van der Waals surface area contributed by atoms with Crippen LogP contribution >= 0.6 is 0 Å². The van der Waals surface area contributed by atoms with Gasteiger partial charge < -0.3 is 11.1 Å². The van der Waals surface area contributed by atoms with E-state index in [1.165, 1.54) is 6.33 Å². The highest BCUT2D eigenvalue weighted by molar-refractivity contribution is 6.04. The van der Waals surface area contributed by atoms with Crippen LogP contribution in [0.4, 0.5) is 11.6 Å². The summed E-state index contributed by atoms with van der Waals surface area (Å²) in [7, 11) is 0. The minimum Gasteiger partial charge on any atom is -0.383 e. The second kappa shape index (κ2) is 10.3. The normalized spacial score (nSPS) is 14.5. The number of rotatable bonds is 6. The SMILES string of the molecule is Cc1ccnc(NC(=O)c2ccc(-c3nn(C4CCN(CC(=O)NO)CC4)c4ncnc(N)c34)cc2)c1. The van der Waals surface area contributed by atoms with Crippen molar-refractivity contribution in [3.8, 4) is 11.3 Å². The first-order chi connectivity index (χ1) is 17.9. The van der Waals surface area contributed by atoms with E-state index in [1.807, 2.05) is 34.7 Å². The van der Waals surface area contributed by atoms with E-state index in [0.29, 0.717) is 47.0 Å². The molecule has 190 valence electrons. The number of piperidine rings is 1. The first-order valence-corrected chi connectivity index (χ1v) is 11.9. The van der Waals surface area contributed by atoms with Gasteiger partial charge in [0.2, 0.25) is 0 Å². The van der Waals surface area contributed by atoms with E-state index < -0.39 is 5.91 Å². The second-order valence-corrected chi connectivity index (χ2v) is 9.04. The number of aryl methyl sites for hydroxylation is 1. The van der Waals surface area contributed by atoms with Crippen LogP contribution in [0, 0.1) is 6.92 Å². The number of anilines is 2. The van der Waals surface area contributed by atoms with Crippen LogP contribution in [0.3, 0.4) is 0 Å². The van der Waals surface area contributed by atoms with Crippen LogP contribution in [0.1, 0.15) is 34.8 Å². The standard InChI is InChI=1S/C25H27N9O3/c1-15-6-9-27-19(12-15)30-25(36)17-4-2-16(3-5-17)22-21-23(26)28-14-29-24(21)34(31-22)18-7-10-33(11-8-18)13-20(35)32-37/h2-6,9,12,14,18,37H,7-8,10-11,13H2,1H3,(H,32,35)(H2,26,28,29)(H,27,30,36). The van der Waals surface area contributed by atoms with Crippen LogP contribution in [0.25, 0.3) is 22.3 Å². The van der Waals surface area contributed by atoms with Crippen molar-refractivity contribution >= 4 is 34.5 Å². The quantitative estimate of drug-likeness (QED) is 0.229. The number of carbonyl (C=O) groups is 2. The summed E-state index contributed by atoms with van der Waals surface area (Å²) in [6, 6.07) is 10.8. The summed E-state index contributed by atoms with van der Waals surface area (Å²) in [6.45, 7) is 3.43. The van der Waals surface area contributed by atoms with Gasteiger partial charge in [0.25, 0.3) is 11.8 Å². The first kappa shape index (κ1) is 24.3. The fraction of sp³-hybridized carbons (Fsp3) is 0.280. The molecule has 0 radical (unpaired) electrons. The maximum absolute atomic E-state index is 12.7. The molecule has 0 bridgehead atoms. The molecule has 3 aromatic heterocycles. The van der Waals surface area contributed by atoms with Crippen molar-refractivity contribution in [2.45, 2.75) is 25.8 Å². The Morgan fingerprint density at radius 2 is 1.86 bits per heavy atom. The van der Waals surface area contributed by atoms with E-state index in [2.05, 4.69) is 20.3 Å². The van der Waals surface area contributed by atoms with Crippen molar-refractivity contribution in [2.24, 2.45) is 0 Å². The summed E-state index contributed by atoms with van der Waals surface area (Å²) in [5, 5.41) is 17.1. The van der Waals surface area contributed by atoms with Crippen molar-refractivity contribution in [2.75, 3.05) is 30.7 Å². The Morgan fingerprint density at radius 3 is 2.57 bits per heavy atom. The molecular formula is C25H27N9O3.